The first kappa shape index (κ1) is 15.8. The van der Waals surface area contributed by atoms with E-state index in [4.69, 9.17) is 16.3 Å². The molecule has 4 bridgehead atoms. The fourth-order valence-electron chi connectivity index (χ4n) is 5.42. The number of rotatable bonds is 3. The maximum absolute atomic E-state index is 13.1. The molecule has 0 spiro atoms. The molecular formula is C18H21BrClNO2. The molecule has 0 aliphatic heterocycles. The van der Waals surface area contributed by atoms with Crippen LogP contribution < -0.4 is 10.1 Å². The molecule has 0 saturated heterocycles. The van der Waals surface area contributed by atoms with Crippen molar-refractivity contribution in [2.45, 2.75) is 42.8 Å². The highest BCUT2D eigenvalue weighted by Crippen LogP contribution is 2.64. The third kappa shape index (κ3) is 2.68. The third-order valence-electron chi connectivity index (χ3n) is 5.88. The molecule has 0 aromatic heterocycles. The maximum atomic E-state index is 13.1. The smallest absolute Gasteiger partial charge is 0.230 e. The summed E-state index contributed by atoms with van der Waals surface area (Å²) >= 11 is 10.1. The summed E-state index contributed by atoms with van der Waals surface area (Å²) in [4.78, 5) is 13.1. The van der Waals surface area contributed by atoms with Gasteiger partial charge >= 0.3 is 0 Å². The third-order valence-corrected chi connectivity index (χ3v) is 7.10. The Kier molecular flexibility index (Phi) is 3.69. The summed E-state index contributed by atoms with van der Waals surface area (Å²) in [5.74, 6) is 2.18. The van der Waals surface area contributed by atoms with Crippen LogP contribution in [0.2, 0.25) is 5.02 Å². The van der Waals surface area contributed by atoms with Crippen LogP contribution in [0.5, 0.6) is 5.75 Å². The molecule has 4 aliphatic carbocycles. The number of anilines is 1. The Bertz CT molecular complexity index is 648. The number of ether oxygens (including phenoxy) is 1. The first-order valence-electron chi connectivity index (χ1n) is 8.25. The standard InChI is InChI=1S/C18H21BrClNO2/c1-23-15-3-2-13(5-14(15)20)21-16(22)17-6-11-4-12(7-17)9-18(19,8-11)10-17/h2-3,5,11-12H,4,6-10H2,1H3,(H,21,22)/t11-,12+,17?,18?. The van der Waals surface area contributed by atoms with Crippen LogP contribution in [0.25, 0.3) is 0 Å². The van der Waals surface area contributed by atoms with Crippen molar-refractivity contribution in [3.05, 3.63) is 23.2 Å². The van der Waals surface area contributed by atoms with Gasteiger partial charge in [-0.3, -0.25) is 4.79 Å². The van der Waals surface area contributed by atoms with E-state index in [0.29, 0.717) is 22.6 Å². The molecule has 4 atom stereocenters. The van der Waals surface area contributed by atoms with Crippen molar-refractivity contribution < 1.29 is 9.53 Å². The molecule has 23 heavy (non-hydrogen) atoms. The predicted molar refractivity (Wildman–Crippen MR) is 95.4 cm³/mol. The maximum Gasteiger partial charge on any atom is 0.230 e. The molecule has 5 rings (SSSR count). The van der Waals surface area contributed by atoms with E-state index >= 15 is 0 Å². The number of methoxy groups -OCH3 is 1. The molecule has 4 fully saturated rings. The van der Waals surface area contributed by atoms with Gasteiger partial charge < -0.3 is 10.1 Å². The van der Waals surface area contributed by atoms with Crippen LogP contribution in [0.3, 0.4) is 0 Å². The van der Waals surface area contributed by atoms with Gasteiger partial charge in [0.1, 0.15) is 5.75 Å². The lowest BCUT2D eigenvalue weighted by Crippen LogP contribution is -2.57. The van der Waals surface area contributed by atoms with E-state index in [1.54, 1.807) is 19.2 Å². The summed E-state index contributed by atoms with van der Waals surface area (Å²) in [5, 5.41) is 3.63. The molecule has 1 aromatic carbocycles. The van der Waals surface area contributed by atoms with Crippen LogP contribution >= 0.6 is 27.5 Å². The van der Waals surface area contributed by atoms with E-state index in [1.807, 2.05) is 6.07 Å². The highest BCUT2D eigenvalue weighted by atomic mass is 79.9. The number of hydrogen-bond acceptors (Lipinski definition) is 2. The molecule has 2 unspecified atom stereocenters. The van der Waals surface area contributed by atoms with E-state index in [0.717, 1.165) is 24.9 Å². The van der Waals surface area contributed by atoms with Crippen LogP contribution in [0, 0.1) is 17.3 Å². The molecule has 4 saturated carbocycles. The van der Waals surface area contributed by atoms with Gasteiger partial charge in [-0.25, -0.2) is 0 Å². The summed E-state index contributed by atoms with van der Waals surface area (Å²) in [6.45, 7) is 0. The van der Waals surface area contributed by atoms with E-state index < -0.39 is 0 Å². The number of nitrogens with one attached hydrogen (secondary N) is 1. The summed E-state index contributed by atoms with van der Waals surface area (Å²) in [5.41, 5.74) is 0.542. The van der Waals surface area contributed by atoms with E-state index in [1.165, 1.54) is 19.3 Å². The second kappa shape index (κ2) is 5.38. The Balaban J connectivity index is 1.56. The first-order valence-corrected chi connectivity index (χ1v) is 9.42. The first-order chi connectivity index (χ1) is 10.9. The fourth-order valence-corrected chi connectivity index (χ4v) is 7.13. The van der Waals surface area contributed by atoms with E-state index in [9.17, 15) is 4.79 Å². The lowest BCUT2D eigenvalue weighted by molar-refractivity contribution is -0.138. The molecule has 1 aromatic rings. The Labute approximate surface area is 150 Å². The molecule has 3 nitrogen and oxygen atoms in total. The zero-order valence-electron chi connectivity index (χ0n) is 13.2. The van der Waals surface area contributed by atoms with Gasteiger partial charge in [-0.15, -0.1) is 0 Å². The number of amides is 1. The average Bonchev–Trinajstić information content (AvgIpc) is 2.44. The molecule has 1 amide bonds. The van der Waals surface area contributed by atoms with Crippen molar-refractivity contribution in [2.75, 3.05) is 12.4 Å². The molecule has 0 heterocycles. The fraction of sp³-hybridized carbons (Fsp3) is 0.611. The lowest BCUT2D eigenvalue weighted by atomic mass is 9.49. The minimum Gasteiger partial charge on any atom is -0.495 e. The molecule has 4 aliphatic rings. The van der Waals surface area contributed by atoms with Crippen molar-refractivity contribution in [2.24, 2.45) is 17.3 Å². The number of carbonyl (C=O) groups is 1. The molecular weight excluding hydrogens is 378 g/mol. The zero-order chi connectivity index (χ0) is 16.2. The molecule has 1 N–H and O–H groups in total. The van der Waals surface area contributed by atoms with Crippen LogP contribution in [0.15, 0.2) is 18.2 Å². The van der Waals surface area contributed by atoms with E-state index in [2.05, 4.69) is 21.2 Å². The number of benzene rings is 1. The SMILES string of the molecule is COc1ccc(NC(=O)C23C[C@@H]4C[C@@H](CC(Br)(C4)C2)C3)cc1Cl. The lowest BCUT2D eigenvalue weighted by Gasteiger charge is -2.59. The molecule has 0 radical (unpaired) electrons. The van der Waals surface area contributed by atoms with Crippen LogP contribution in [0.4, 0.5) is 5.69 Å². The average molecular weight is 399 g/mol. The monoisotopic (exact) mass is 397 g/mol. The second-order valence-corrected chi connectivity index (χ2v) is 9.79. The number of carbonyl (C=O) groups excluding carboxylic acids is 1. The Morgan fingerprint density at radius 1 is 1.30 bits per heavy atom. The topological polar surface area (TPSA) is 38.3 Å². The Morgan fingerprint density at radius 3 is 2.57 bits per heavy atom. The summed E-state index contributed by atoms with van der Waals surface area (Å²) < 4.78 is 5.35. The second-order valence-electron chi connectivity index (χ2n) is 7.70. The number of hydrogen-bond donors (Lipinski definition) is 1. The quantitative estimate of drug-likeness (QED) is 0.726. The normalized spacial score (nSPS) is 37.7. The van der Waals surface area contributed by atoms with Crippen LogP contribution in [-0.2, 0) is 4.79 Å². The minimum atomic E-state index is -0.208. The Hall–Kier alpha value is -0.740. The summed E-state index contributed by atoms with van der Waals surface area (Å²) in [6, 6.07) is 5.42. The summed E-state index contributed by atoms with van der Waals surface area (Å²) in [6.07, 6.45) is 6.79. The van der Waals surface area contributed by atoms with Crippen LogP contribution in [-0.4, -0.2) is 17.3 Å². The van der Waals surface area contributed by atoms with Gasteiger partial charge in [-0.1, -0.05) is 27.5 Å². The molecule has 5 heteroatoms. The Morgan fingerprint density at radius 2 is 2.00 bits per heavy atom. The zero-order valence-corrected chi connectivity index (χ0v) is 15.5. The van der Waals surface area contributed by atoms with Crippen molar-refractivity contribution in [3.8, 4) is 5.75 Å². The minimum absolute atomic E-state index is 0.164. The highest BCUT2D eigenvalue weighted by Gasteiger charge is 2.59. The van der Waals surface area contributed by atoms with Crippen molar-refractivity contribution >= 4 is 39.1 Å². The molecule has 124 valence electrons. The highest BCUT2D eigenvalue weighted by molar-refractivity contribution is 9.10. The van der Waals surface area contributed by atoms with Gasteiger partial charge in [0.2, 0.25) is 5.91 Å². The number of halogens is 2. The van der Waals surface area contributed by atoms with Gasteiger partial charge in [0.15, 0.2) is 0 Å². The van der Waals surface area contributed by atoms with Gasteiger partial charge in [-0.05, 0) is 68.6 Å². The van der Waals surface area contributed by atoms with Gasteiger partial charge in [-0.2, -0.15) is 0 Å². The number of alkyl halides is 1. The predicted octanol–water partition coefficient (Wildman–Crippen LogP) is 5.02. The van der Waals surface area contributed by atoms with Gasteiger partial charge in [0.05, 0.1) is 17.5 Å². The summed E-state index contributed by atoms with van der Waals surface area (Å²) in [7, 11) is 1.59. The van der Waals surface area contributed by atoms with Gasteiger partial charge in [0.25, 0.3) is 0 Å². The van der Waals surface area contributed by atoms with Crippen molar-refractivity contribution in [1.82, 2.24) is 0 Å². The van der Waals surface area contributed by atoms with Crippen molar-refractivity contribution in [1.29, 1.82) is 0 Å². The van der Waals surface area contributed by atoms with Crippen molar-refractivity contribution in [3.63, 3.8) is 0 Å². The van der Waals surface area contributed by atoms with Gasteiger partial charge in [0, 0.05) is 10.0 Å². The largest absolute Gasteiger partial charge is 0.495 e. The van der Waals surface area contributed by atoms with Crippen LogP contribution in [0.1, 0.15) is 38.5 Å². The van der Waals surface area contributed by atoms with E-state index in [-0.39, 0.29) is 15.6 Å².